The Bertz CT molecular complexity index is 526. The van der Waals surface area contributed by atoms with Gasteiger partial charge in [0.25, 0.3) is 0 Å². The van der Waals surface area contributed by atoms with Crippen molar-refractivity contribution >= 4 is 7.82 Å². The zero-order valence-electron chi connectivity index (χ0n) is 13.7. The van der Waals surface area contributed by atoms with Crippen LogP contribution in [0.3, 0.4) is 0 Å². The zero-order valence-corrected chi connectivity index (χ0v) is 14.6. The molecule has 0 aromatic carbocycles. The number of rotatable bonds is 6. The van der Waals surface area contributed by atoms with E-state index < -0.39 is 82.4 Å². The summed E-state index contributed by atoms with van der Waals surface area (Å²) in [6.07, 6.45) is -17.2. The molecule has 160 valence electrons. The van der Waals surface area contributed by atoms with Crippen LogP contribution in [0.15, 0.2) is 0 Å². The SMILES string of the molecule is O=P(O)(O)OC[C@H]1OC(O)[C@H](O)[C@@H](O)[C@@H]1O[C@H]1O[C@H](CO)[C@@H](O)[C@H](O)[C@H]1O. The highest BCUT2D eigenvalue weighted by Gasteiger charge is 2.50. The Hall–Kier alpha value is -0.290. The first-order valence-electron chi connectivity index (χ1n) is 7.82. The van der Waals surface area contributed by atoms with Gasteiger partial charge in [0.2, 0.25) is 0 Å². The van der Waals surface area contributed by atoms with Gasteiger partial charge in [-0.3, -0.25) is 4.52 Å². The molecule has 0 radical (unpaired) electrons. The van der Waals surface area contributed by atoms with Gasteiger partial charge in [-0.05, 0) is 0 Å². The van der Waals surface area contributed by atoms with Crippen LogP contribution >= 0.6 is 7.82 Å². The number of phosphoric ester groups is 1. The summed E-state index contributed by atoms with van der Waals surface area (Å²) in [5.74, 6) is 0. The first-order valence-corrected chi connectivity index (χ1v) is 9.35. The third-order valence-corrected chi connectivity index (χ3v) is 4.69. The fraction of sp³-hybridized carbons (Fsp3) is 1.00. The van der Waals surface area contributed by atoms with E-state index in [0.29, 0.717) is 0 Å². The number of ether oxygens (including phenoxy) is 3. The second-order valence-corrected chi connectivity index (χ2v) is 7.37. The van der Waals surface area contributed by atoms with Gasteiger partial charge in [0, 0.05) is 0 Å². The minimum absolute atomic E-state index is 0.749. The summed E-state index contributed by atoms with van der Waals surface area (Å²) in [6.45, 7) is -1.63. The van der Waals surface area contributed by atoms with E-state index in [-0.39, 0.29) is 0 Å². The predicted octanol–water partition coefficient (Wildman–Crippen LogP) is -5.28. The summed E-state index contributed by atoms with van der Waals surface area (Å²) in [5.41, 5.74) is 0. The van der Waals surface area contributed by atoms with Crippen LogP contribution in [0.5, 0.6) is 0 Å². The monoisotopic (exact) mass is 422 g/mol. The molecule has 0 aromatic rings. The molecular weight excluding hydrogens is 399 g/mol. The molecule has 0 spiro atoms. The van der Waals surface area contributed by atoms with E-state index in [0.717, 1.165) is 0 Å². The number of phosphoric acid groups is 1. The van der Waals surface area contributed by atoms with E-state index in [1.54, 1.807) is 0 Å². The van der Waals surface area contributed by atoms with Crippen LogP contribution in [0, 0.1) is 0 Å². The van der Waals surface area contributed by atoms with Crippen molar-refractivity contribution in [3.8, 4) is 0 Å². The molecule has 0 saturated carbocycles. The molecule has 1 unspecified atom stereocenters. The molecule has 0 aromatic heterocycles. The van der Waals surface area contributed by atoms with Gasteiger partial charge in [-0.15, -0.1) is 0 Å². The lowest BCUT2D eigenvalue weighted by atomic mass is 9.97. The van der Waals surface area contributed by atoms with Gasteiger partial charge in [-0.2, -0.15) is 0 Å². The van der Waals surface area contributed by atoms with Crippen LogP contribution < -0.4 is 0 Å². The van der Waals surface area contributed by atoms with Gasteiger partial charge < -0.3 is 59.7 Å². The molecule has 0 bridgehead atoms. The van der Waals surface area contributed by atoms with Gasteiger partial charge in [0.1, 0.15) is 48.8 Å². The summed E-state index contributed by atoms with van der Waals surface area (Å²) in [4.78, 5) is 17.6. The Morgan fingerprint density at radius 3 is 2.00 bits per heavy atom. The molecule has 10 atom stereocenters. The van der Waals surface area contributed by atoms with Crippen molar-refractivity contribution in [2.24, 2.45) is 0 Å². The summed E-state index contributed by atoms with van der Waals surface area (Å²) < 4.78 is 30.4. The van der Waals surface area contributed by atoms with E-state index in [4.69, 9.17) is 29.1 Å². The first-order chi connectivity index (χ1) is 12.5. The molecule has 2 saturated heterocycles. The van der Waals surface area contributed by atoms with E-state index in [1.165, 1.54) is 0 Å². The lowest BCUT2D eigenvalue weighted by Crippen LogP contribution is -2.64. The highest BCUT2D eigenvalue weighted by molar-refractivity contribution is 7.46. The maximum absolute atomic E-state index is 10.9. The molecule has 0 aliphatic carbocycles. The maximum Gasteiger partial charge on any atom is 0.469 e. The normalized spacial score (nSPS) is 46.4. The number of hydrogen-bond donors (Lipinski definition) is 9. The fourth-order valence-electron chi connectivity index (χ4n) is 2.73. The second-order valence-electron chi connectivity index (χ2n) is 6.13. The van der Waals surface area contributed by atoms with Crippen molar-refractivity contribution in [3.63, 3.8) is 0 Å². The molecule has 14 nitrogen and oxygen atoms in total. The minimum atomic E-state index is -4.95. The topological polar surface area (TPSA) is 236 Å². The van der Waals surface area contributed by atoms with Crippen molar-refractivity contribution in [1.29, 1.82) is 0 Å². The Morgan fingerprint density at radius 1 is 0.815 bits per heavy atom. The second kappa shape index (κ2) is 9.02. The van der Waals surface area contributed by atoms with Gasteiger partial charge in [-0.25, -0.2) is 4.57 Å². The Kier molecular flexibility index (Phi) is 7.68. The average Bonchev–Trinajstić information content (AvgIpc) is 2.60. The molecule has 0 amide bonds. The van der Waals surface area contributed by atoms with E-state index in [1.807, 2.05) is 0 Å². The van der Waals surface area contributed by atoms with Crippen LogP contribution in [0.25, 0.3) is 0 Å². The molecule has 27 heavy (non-hydrogen) atoms. The summed E-state index contributed by atoms with van der Waals surface area (Å²) in [7, 11) is -4.95. The highest BCUT2D eigenvalue weighted by atomic mass is 31.2. The van der Waals surface area contributed by atoms with Crippen LogP contribution in [0.4, 0.5) is 0 Å². The van der Waals surface area contributed by atoms with Crippen molar-refractivity contribution in [2.75, 3.05) is 13.2 Å². The van der Waals surface area contributed by atoms with E-state index in [2.05, 4.69) is 4.52 Å². The number of hydrogen-bond acceptors (Lipinski definition) is 12. The minimum Gasteiger partial charge on any atom is -0.394 e. The first kappa shape index (κ1) is 23.0. The molecular formula is C12H23O14P. The van der Waals surface area contributed by atoms with Crippen LogP contribution in [0.1, 0.15) is 0 Å². The molecule has 15 heteroatoms. The third kappa shape index (κ3) is 5.41. The molecule has 9 N–H and O–H groups in total. The standard InChI is InChI=1S/C12H23O14P/c13-1-3-5(14)6(15)9(18)12(25-3)26-10-4(2-23-27(20,21)22)24-11(19)8(17)7(10)16/h3-19H,1-2H2,(H2,20,21,22)/t3-,4-,5-,6+,7-,8-,9-,10-,11?,12-/m1/s1. The molecule has 2 heterocycles. The van der Waals surface area contributed by atoms with Gasteiger partial charge in [-0.1, -0.05) is 0 Å². The molecule has 2 aliphatic heterocycles. The van der Waals surface area contributed by atoms with Crippen molar-refractivity contribution in [2.45, 2.75) is 61.4 Å². The lowest BCUT2D eigenvalue weighted by Gasteiger charge is -2.45. The summed E-state index contributed by atoms with van der Waals surface area (Å²) in [6, 6.07) is 0. The van der Waals surface area contributed by atoms with Crippen molar-refractivity contribution < 1.29 is 68.8 Å². The molecule has 2 fully saturated rings. The number of aliphatic hydroxyl groups excluding tert-OH is 7. The predicted molar refractivity (Wildman–Crippen MR) is 79.5 cm³/mol. The largest absolute Gasteiger partial charge is 0.469 e. The van der Waals surface area contributed by atoms with Crippen LogP contribution in [0.2, 0.25) is 0 Å². The van der Waals surface area contributed by atoms with Gasteiger partial charge in [0.05, 0.1) is 13.2 Å². The zero-order chi connectivity index (χ0) is 20.5. The smallest absolute Gasteiger partial charge is 0.394 e. The van der Waals surface area contributed by atoms with Crippen molar-refractivity contribution in [3.05, 3.63) is 0 Å². The lowest BCUT2D eigenvalue weighted by molar-refractivity contribution is -0.354. The van der Waals surface area contributed by atoms with Gasteiger partial charge >= 0.3 is 7.82 Å². The average molecular weight is 422 g/mol. The Morgan fingerprint density at radius 2 is 1.44 bits per heavy atom. The fourth-order valence-corrected chi connectivity index (χ4v) is 3.07. The molecule has 2 aliphatic rings. The van der Waals surface area contributed by atoms with E-state index >= 15 is 0 Å². The molecule has 2 rings (SSSR count). The van der Waals surface area contributed by atoms with Crippen LogP contribution in [-0.4, -0.2) is 120 Å². The highest BCUT2D eigenvalue weighted by Crippen LogP contribution is 2.37. The van der Waals surface area contributed by atoms with Gasteiger partial charge in [0.15, 0.2) is 12.6 Å². The van der Waals surface area contributed by atoms with Crippen LogP contribution in [-0.2, 0) is 23.3 Å². The summed E-state index contributed by atoms with van der Waals surface area (Å²) >= 11 is 0. The quantitative estimate of drug-likeness (QED) is 0.182. The number of aliphatic hydroxyl groups is 7. The Labute approximate surface area is 152 Å². The summed E-state index contributed by atoms with van der Waals surface area (Å²) in [5, 5.41) is 68.0. The Balaban J connectivity index is 2.16. The third-order valence-electron chi connectivity index (χ3n) is 4.21. The van der Waals surface area contributed by atoms with Crippen molar-refractivity contribution in [1.82, 2.24) is 0 Å². The van der Waals surface area contributed by atoms with E-state index in [9.17, 15) is 35.2 Å². The maximum atomic E-state index is 10.9.